The fourth-order valence-electron chi connectivity index (χ4n) is 4.03. The number of amides is 1. The van der Waals surface area contributed by atoms with Gasteiger partial charge >= 0.3 is 12.7 Å². The van der Waals surface area contributed by atoms with Gasteiger partial charge in [0, 0.05) is 30.2 Å². The molecule has 32 heavy (non-hydrogen) atoms. The number of H-pyrrole nitrogens is 1. The highest BCUT2D eigenvalue weighted by atomic mass is 19.4. The van der Waals surface area contributed by atoms with E-state index in [4.69, 9.17) is 4.42 Å². The number of furan rings is 1. The lowest BCUT2D eigenvalue weighted by Crippen LogP contribution is -2.41. The van der Waals surface area contributed by atoms with Crippen molar-refractivity contribution < 1.29 is 31.2 Å². The molecule has 12 heteroatoms. The molecule has 1 aliphatic rings. The van der Waals surface area contributed by atoms with Crippen molar-refractivity contribution in [1.82, 2.24) is 24.6 Å². The molecule has 0 unspecified atom stereocenters. The number of imidazole rings is 1. The molecular formula is C20H14F5N5O2. The number of hydrogen-bond acceptors (Lipinski definition) is 4. The van der Waals surface area contributed by atoms with E-state index < -0.39 is 30.2 Å². The van der Waals surface area contributed by atoms with Crippen molar-refractivity contribution in [2.45, 2.75) is 25.2 Å². The summed E-state index contributed by atoms with van der Waals surface area (Å²) in [5.41, 5.74) is -0.187. The predicted octanol–water partition coefficient (Wildman–Crippen LogP) is 4.55. The van der Waals surface area contributed by atoms with Gasteiger partial charge < -0.3 is 14.3 Å². The molecule has 1 aromatic carbocycles. The summed E-state index contributed by atoms with van der Waals surface area (Å²) < 4.78 is 73.0. The van der Waals surface area contributed by atoms with Gasteiger partial charge in [0.05, 0.1) is 17.6 Å². The van der Waals surface area contributed by atoms with E-state index in [0.29, 0.717) is 22.5 Å². The minimum absolute atomic E-state index is 0.0116. The highest BCUT2D eigenvalue weighted by molar-refractivity contribution is 5.93. The van der Waals surface area contributed by atoms with Gasteiger partial charge in [-0.3, -0.25) is 4.79 Å². The van der Waals surface area contributed by atoms with Crippen molar-refractivity contribution in [1.29, 1.82) is 0 Å². The van der Waals surface area contributed by atoms with E-state index in [0.717, 1.165) is 18.3 Å². The number of alkyl halides is 5. The van der Waals surface area contributed by atoms with Crippen LogP contribution in [0, 0.1) is 0 Å². The number of rotatable bonds is 3. The Morgan fingerprint density at radius 3 is 2.81 bits per heavy atom. The summed E-state index contributed by atoms with van der Waals surface area (Å²) in [7, 11) is 0. The van der Waals surface area contributed by atoms with Crippen molar-refractivity contribution in [3.8, 4) is 0 Å². The van der Waals surface area contributed by atoms with E-state index in [1.807, 2.05) is 0 Å². The SMILES string of the molecule is O=C(c1ccnn1C(F)F)N1CCc2[nH]cnc2[C@H]1c1cc2c(C(F)(F)F)cccc2o1. The normalized spacial score (nSPS) is 16.7. The number of aromatic amines is 1. The Hall–Kier alpha value is -3.70. The van der Waals surface area contributed by atoms with Gasteiger partial charge in [-0.1, -0.05) is 6.07 Å². The first-order valence-electron chi connectivity index (χ1n) is 9.50. The smallest absolute Gasteiger partial charge is 0.417 e. The molecule has 0 radical (unpaired) electrons. The molecule has 4 heterocycles. The first-order chi connectivity index (χ1) is 15.3. The average Bonchev–Trinajstić information content (AvgIpc) is 3.49. The van der Waals surface area contributed by atoms with Crippen LogP contribution in [0.15, 0.2) is 47.3 Å². The third-order valence-electron chi connectivity index (χ3n) is 5.42. The number of hydrogen-bond donors (Lipinski definition) is 1. The molecule has 1 atom stereocenters. The van der Waals surface area contributed by atoms with E-state index in [2.05, 4.69) is 15.1 Å². The summed E-state index contributed by atoms with van der Waals surface area (Å²) in [6.45, 7) is -2.93. The Bertz CT molecular complexity index is 1310. The van der Waals surface area contributed by atoms with Crippen molar-refractivity contribution >= 4 is 16.9 Å². The zero-order chi connectivity index (χ0) is 22.6. The molecule has 7 nitrogen and oxygen atoms in total. The molecular weight excluding hydrogens is 437 g/mol. The summed E-state index contributed by atoms with van der Waals surface area (Å²) in [5, 5.41) is 3.32. The molecule has 0 saturated heterocycles. The lowest BCUT2D eigenvalue weighted by molar-refractivity contribution is -0.136. The van der Waals surface area contributed by atoms with Crippen LogP contribution in [0.4, 0.5) is 22.0 Å². The van der Waals surface area contributed by atoms with Gasteiger partial charge in [-0.05, 0) is 24.3 Å². The van der Waals surface area contributed by atoms with Crippen LogP contribution in [0.2, 0.25) is 0 Å². The molecule has 5 rings (SSSR count). The summed E-state index contributed by atoms with van der Waals surface area (Å²) in [6.07, 6.45) is -1.77. The first-order valence-corrected chi connectivity index (χ1v) is 9.50. The Kier molecular flexibility index (Phi) is 4.53. The molecule has 4 aromatic rings. The molecule has 0 saturated carbocycles. The van der Waals surface area contributed by atoms with Crippen LogP contribution in [0.25, 0.3) is 11.0 Å². The Balaban J connectivity index is 1.64. The van der Waals surface area contributed by atoms with Gasteiger partial charge in [0.25, 0.3) is 5.91 Å². The van der Waals surface area contributed by atoms with E-state index in [1.54, 1.807) is 0 Å². The van der Waals surface area contributed by atoms with Crippen LogP contribution in [-0.4, -0.2) is 37.1 Å². The topological polar surface area (TPSA) is 80.0 Å². The maximum absolute atomic E-state index is 13.5. The highest BCUT2D eigenvalue weighted by Gasteiger charge is 2.39. The second-order valence-corrected chi connectivity index (χ2v) is 7.22. The average molecular weight is 451 g/mol. The van der Waals surface area contributed by atoms with Crippen molar-refractivity contribution in [2.75, 3.05) is 6.54 Å². The molecule has 0 fully saturated rings. The van der Waals surface area contributed by atoms with Gasteiger partial charge in [-0.2, -0.15) is 31.7 Å². The van der Waals surface area contributed by atoms with E-state index in [1.165, 1.54) is 29.4 Å². The molecule has 166 valence electrons. The minimum atomic E-state index is -4.61. The summed E-state index contributed by atoms with van der Waals surface area (Å²) in [5.74, 6) is -0.723. The molecule has 0 aliphatic carbocycles. The van der Waals surface area contributed by atoms with E-state index >= 15 is 0 Å². The molecule has 1 aliphatic heterocycles. The van der Waals surface area contributed by atoms with Crippen LogP contribution < -0.4 is 0 Å². The van der Waals surface area contributed by atoms with Gasteiger partial charge in [0.15, 0.2) is 0 Å². The number of fused-ring (bicyclic) bond motifs is 2. The monoisotopic (exact) mass is 451 g/mol. The maximum Gasteiger partial charge on any atom is 0.417 e. The second kappa shape index (κ2) is 7.18. The number of nitrogens with zero attached hydrogens (tertiary/aromatic N) is 4. The van der Waals surface area contributed by atoms with Crippen LogP contribution in [0.3, 0.4) is 0 Å². The lowest BCUT2D eigenvalue weighted by atomic mass is 9.99. The largest absolute Gasteiger partial charge is 0.458 e. The van der Waals surface area contributed by atoms with Gasteiger partial charge in [-0.15, -0.1) is 0 Å². The Morgan fingerprint density at radius 2 is 2.06 bits per heavy atom. The Labute approximate surface area is 176 Å². The lowest BCUT2D eigenvalue weighted by Gasteiger charge is -2.33. The number of carbonyl (C=O) groups is 1. The quantitative estimate of drug-likeness (QED) is 0.464. The van der Waals surface area contributed by atoms with Gasteiger partial charge in [0.2, 0.25) is 0 Å². The third-order valence-corrected chi connectivity index (χ3v) is 5.42. The van der Waals surface area contributed by atoms with Crippen molar-refractivity contribution in [3.05, 3.63) is 71.3 Å². The van der Waals surface area contributed by atoms with Crippen LogP contribution in [0.1, 0.15) is 45.8 Å². The van der Waals surface area contributed by atoms with Crippen LogP contribution >= 0.6 is 0 Å². The zero-order valence-corrected chi connectivity index (χ0v) is 16.1. The third kappa shape index (κ3) is 3.13. The zero-order valence-electron chi connectivity index (χ0n) is 16.1. The van der Waals surface area contributed by atoms with Crippen molar-refractivity contribution in [3.63, 3.8) is 0 Å². The number of benzene rings is 1. The van der Waals surface area contributed by atoms with E-state index in [9.17, 15) is 26.7 Å². The Morgan fingerprint density at radius 1 is 1.25 bits per heavy atom. The number of nitrogens with one attached hydrogen (secondary N) is 1. The summed E-state index contributed by atoms with van der Waals surface area (Å²) in [4.78, 5) is 21.6. The molecule has 1 N–H and O–H groups in total. The predicted molar refractivity (Wildman–Crippen MR) is 99.9 cm³/mol. The molecule has 3 aromatic heterocycles. The summed E-state index contributed by atoms with van der Waals surface area (Å²) in [6, 6.07) is 4.92. The minimum Gasteiger partial charge on any atom is -0.458 e. The highest BCUT2D eigenvalue weighted by Crippen LogP contribution is 2.41. The van der Waals surface area contributed by atoms with Gasteiger partial charge in [0.1, 0.15) is 23.1 Å². The van der Waals surface area contributed by atoms with Crippen LogP contribution in [-0.2, 0) is 12.6 Å². The fourth-order valence-corrected chi connectivity index (χ4v) is 4.03. The number of carbonyl (C=O) groups excluding carboxylic acids is 1. The summed E-state index contributed by atoms with van der Waals surface area (Å²) >= 11 is 0. The number of aromatic nitrogens is 4. The molecule has 0 spiro atoms. The van der Waals surface area contributed by atoms with Crippen LogP contribution in [0.5, 0.6) is 0 Å². The van der Waals surface area contributed by atoms with Gasteiger partial charge in [-0.25, -0.2) is 4.98 Å². The maximum atomic E-state index is 13.5. The molecule has 1 amide bonds. The number of halogens is 5. The standard InChI is InChI=1S/C20H14F5N5O2/c21-19(22)30-13(4-6-28-30)18(31)29-7-5-12-16(27-9-26-12)17(29)15-8-10-11(20(23,24)25)2-1-3-14(10)32-15/h1-4,6,8-9,17,19H,5,7H2,(H,26,27)/t17-/m1/s1. The second-order valence-electron chi connectivity index (χ2n) is 7.22. The first kappa shape index (κ1) is 20.2. The molecule has 0 bridgehead atoms. The van der Waals surface area contributed by atoms with Crippen molar-refractivity contribution in [2.24, 2.45) is 0 Å². The fraction of sp³-hybridized carbons (Fsp3) is 0.250. The van der Waals surface area contributed by atoms with E-state index in [-0.39, 0.29) is 29.0 Å².